The summed E-state index contributed by atoms with van der Waals surface area (Å²) in [6.45, 7) is 2.35. The molecule has 0 aromatic heterocycles. The number of fused-ring (bicyclic) bond motifs is 1. The molecule has 0 saturated carbocycles. The van der Waals surface area contributed by atoms with Crippen LogP contribution in [-0.2, 0) is 0 Å². The fraction of sp³-hybridized carbons (Fsp3) is 0.312. The predicted octanol–water partition coefficient (Wildman–Crippen LogP) is 2.73. The Balaban J connectivity index is 2.05. The van der Waals surface area contributed by atoms with Gasteiger partial charge in [-0.05, 0) is 36.6 Å². The Kier molecular flexibility index (Phi) is 4.53. The van der Waals surface area contributed by atoms with Crippen LogP contribution in [0.4, 0.5) is 0 Å². The molecular weight excluding hydrogens is 238 g/mol. The molecule has 1 amide bonds. The van der Waals surface area contributed by atoms with Crippen molar-refractivity contribution in [2.75, 3.05) is 6.54 Å². The van der Waals surface area contributed by atoms with Crippen LogP contribution in [0.1, 0.15) is 30.1 Å². The lowest BCUT2D eigenvalue weighted by Gasteiger charge is -2.08. The number of amides is 1. The molecule has 3 heteroatoms. The third-order valence-electron chi connectivity index (χ3n) is 3.12. The van der Waals surface area contributed by atoms with E-state index in [0.29, 0.717) is 18.5 Å². The second kappa shape index (κ2) is 6.34. The normalized spacial score (nSPS) is 12.3. The van der Waals surface area contributed by atoms with E-state index in [-0.39, 0.29) is 12.0 Å². The number of aliphatic hydroxyl groups excluding tert-OH is 1. The van der Waals surface area contributed by atoms with Crippen LogP contribution in [0.3, 0.4) is 0 Å². The molecule has 19 heavy (non-hydrogen) atoms. The number of aliphatic hydroxyl groups is 1. The van der Waals surface area contributed by atoms with Gasteiger partial charge < -0.3 is 10.4 Å². The molecule has 2 aromatic carbocycles. The third-order valence-corrected chi connectivity index (χ3v) is 3.12. The van der Waals surface area contributed by atoms with Crippen LogP contribution in [0.25, 0.3) is 10.8 Å². The van der Waals surface area contributed by atoms with E-state index in [1.54, 1.807) is 6.92 Å². The van der Waals surface area contributed by atoms with E-state index in [2.05, 4.69) is 5.32 Å². The number of carbonyl (C=O) groups excluding carboxylic acids is 1. The summed E-state index contributed by atoms with van der Waals surface area (Å²) in [6, 6.07) is 13.6. The number of hydrogen-bond donors (Lipinski definition) is 2. The average molecular weight is 257 g/mol. The number of rotatable bonds is 5. The van der Waals surface area contributed by atoms with Crippen molar-refractivity contribution >= 4 is 16.7 Å². The molecule has 0 radical (unpaired) electrons. The summed E-state index contributed by atoms with van der Waals surface area (Å²) in [5.41, 5.74) is 0.704. The highest BCUT2D eigenvalue weighted by molar-refractivity contribution is 6.06. The zero-order valence-electron chi connectivity index (χ0n) is 11.1. The van der Waals surface area contributed by atoms with Crippen LogP contribution in [0, 0.1) is 0 Å². The fourth-order valence-corrected chi connectivity index (χ4v) is 2.12. The Morgan fingerprint density at radius 2 is 1.95 bits per heavy atom. The number of nitrogens with one attached hydrogen (secondary N) is 1. The highest BCUT2D eigenvalue weighted by atomic mass is 16.3. The maximum Gasteiger partial charge on any atom is 0.251 e. The van der Waals surface area contributed by atoms with Crippen LogP contribution in [0.5, 0.6) is 0 Å². The first kappa shape index (κ1) is 13.6. The Morgan fingerprint density at radius 1 is 1.21 bits per heavy atom. The van der Waals surface area contributed by atoms with Gasteiger partial charge in [0.25, 0.3) is 5.91 Å². The summed E-state index contributed by atoms with van der Waals surface area (Å²) >= 11 is 0. The molecule has 0 aliphatic heterocycles. The van der Waals surface area contributed by atoms with Gasteiger partial charge in [0.15, 0.2) is 0 Å². The van der Waals surface area contributed by atoms with Crippen molar-refractivity contribution in [2.24, 2.45) is 0 Å². The average Bonchev–Trinajstić information content (AvgIpc) is 2.42. The van der Waals surface area contributed by atoms with E-state index in [1.165, 1.54) is 0 Å². The highest BCUT2D eigenvalue weighted by Gasteiger charge is 2.08. The first-order valence-corrected chi connectivity index (χ1v) is 6.62. The molecule has 1 unspecified atom stereocenters. The van der Waals surface area contributed by atoms with Gasteiger partial charge in [0.2, 0.25) is 0 Å². The number of benzene rings is 2. The van der Waals surface area contributed by atoms with Crippen molar-refractivity contribution in [3.63, 3.8) is 0 Å². The van der Waals surface area contributed by atoms with E-state index in [0.717, 1.165) is 17.2 Å². The Labute approximate surface area is 113 Å². The van der Waals surface area contributed by atoms with Crippen molar-refractivity contribution in [3.8, 4) is 0 Å². The summed E-state index contributed by atoms with van der Waals surface area (Å²) in [5.74, 6) is -0.0533. The monoisotopic (exact) mass is 257 g/mol. The van der Waals surface area contributed by atoms with E-state index >= 15 is 0 Å². The number of carbonyl (C=O) groups is 1. The van der Waals surface area contributed by atoms with Gasteiger partial charge in [-0.15, -0.1) is 0 Å². The fourth-order valence-electron chi connectivity index (χ4n) is 2.12. The molecule has 3 nitrogen and oxygen atoms in total. The summed E-state index contributed by atoms with van der Waals surface area (Å²) in [4.78, 5) is 12.1. The van der Waals surface area contributed by atoms with Gasteiger partial charge in [-0.25, -0.2) is 0 Å². The smallest absolute Gasteiger partial charge is 0.251 e. The molecule has 0 saturated heterocycles. The summed E-state index contributed by atoms with van der Waals surface area (Å²) in [6.07, 6.45) is 1.18. The van der Waals surface area contributed by atoms with Crippen LogP contribution in [0.15, 0.2) is 42.5 Å². The van der Waals surface area contributed by atoms with Gasteiger partial charge in [0.1, 0.15) is 0 Å². The minimum Gasteiger partial charge on any atom is -0.393 e. The molecule has 0 aliphatic rings. The van der Waals surface area contributed by atoms with Crippen molar-refractivity contribution in [1.29, 1.82) is 0 Å². The lowest BCUT2D eigenvalue weighted by atomic mass is 10.0. The minimum atomic E-state index is -0.311. The van der Waals surface area contributed by atoms with Crippen LogP contribution in [-0.4, -0.2) is 23.7 Å². The van der Waals surface area contributed by atoms with Gasteiger partial charge in [-0.2, -0.15) is 0 Å². The third kappa shape index (κ3) is 3.55. The highest BCUT2D eigenvalue weighted by Crippen LogP contribution is 2.18. The molecule has 0 heterocycles. The Bertz CT molecular complexity index is 558. The SMILES string of the molecule is CC(O)CCCNC(=O)c1cccc2ccccc12. The molecule has 0 fully saturated rings. The molecule has 100 valence electrons. The second-order valence-corrected chi connectivity index (χ2v) is 4.77. The maximum absolute atomic E-state index is 12.1. The topological polar surface area (TPSA) is 49.3 Å². The minimum absolute atomic E-state index is 0.0533. The van der Waals surface area contributed by atoms with Crippen molar-refractivity contribution in [2.45, 2.75) is 25.9 Å². The van der Waals surface area contributed by atoms with Crippen molar-refractivity contribution in [3.05, 3.63) is 48.0 Å². The molecule has 2 aromatic rings. The van der Waals surface area contributed by atoms with Crippen LogP contribution in [0.2, 0.25) is 0 Å². The van der Waals surface area contributed by atoms with Crippen LogP contribution >= 0.6 is 0 Å². The molecule has 0 bridgehead atoms. The van der Waals surface area contributed by atoms with E-state index in [4.69, 9.17) is 5.11 Å². The molecule has 2 rings (SSSR count). The van der Waals surface area contributed by atoms with E-state index in [1.807, 2.05) is 42.5 Å². The van der Waals surface area contributed by atoms with Gasteiger partial charge in [0.05, 0.1) is 6.10 Å². The predicted molar refractivity (Wildman–Crippen MR) is 77.2 cm³/mol. The lowest BCUT2D eigenvalue weighted by molar-refractivity contribution is 0.0951. The standard InChI is InChI=1S/C16H19NO2/c1-12(18)6-5-11-17-16(19)15-10-4-8-13-7-2-3-9-14(13)15/h2-4,7-10,12,18H,5-6,11H2,1H3,(H,17,19). The Hall–Kier alpha value is -1.87. The summed E-state index contributed by atoms with van der Waals surface area (Å²) < 4.78 is 0. The maximum atomic E-state index is 12.1. The zero-order valence-corrected chi connectivity index (χ0v) is 11.1. The number of hydrogen-bond acceptors (Lipinski definition) is 2. The summed E-state index contributed by atoms with van der Waals surface area (Å²) in [7, 11) is 0. The van der Waals surface area contributed by atoms with Crippen molar-refractivity contribution in [1.82, 2.24) is 5.32 Å². The second-order valence-electron chi connectivity index (χ2n) is 4.77. The van der Waals surface area contributed by atoms with E-state index < -0.39 is 0 Å². The molecule has 0 spiro atoms. The molecule has 1 atom stereocenters. The Morgan fingerprint density at radius 3 is 2.74 bits per heavy atom. The van der Waals surface area contributed by atoms with Gasteiger partial charge in [0, 0.05) is 12.1 Å². The quantitative estimate of drug-likeness (QED) is 0.809. The largest absolute Gasteiger partial charge is 0.393 e. The van der Waals surface area contributed by atoms with Gasteiger partial charge in [-0.3, -0.25) is 4.79 Å². The molecular formula is C16H19NO2. The van der Waals surface area contributed by atoms with Gasteiger partial charge in [-0.1, -0.05) is 36.4 Å². The van der Waals surface area contributed by atoms with Gasteiger partial charge >= 0.3 is 0 Å². The zero-order chi connectivity index (χ0) is 13.7. The summed E-state index contributed by atoms with van der Waals surface area (Å²) in [5, 5.41) is 14.1. The van der Waals surface area contributed by atoms with Crippen molar-refractivity contribution < 1.29 is 9.90 Å². The first-order valence-electron chi connectivity index (χ1n) is 6.62. The van der Waals surface area contributed by atoms with E-state index in [9.17, 15) is 4.79 Å². The molecule has 2 N–H and O–H groups in total. The first-order chi connectivity index (χ1) is 9.18. The lowest BCUT2D eigenvalue weighted by Crippen LogP contribution is -2.25. The molecule has 0 aliphatic carbocycles. The van der Waals surface area contributed by atoms with Crippen LogP contribution < -0.4 is 5.32 Å².